The van der Waals surface area contributed by atoms with Crippen LogP contribution in [0.1, 0.15) is 60.6 Å². The first kappa shape index (κ1) is 15.6. The Morgan fingerprint density at radius 1 is 1.00 bits per heavy atom. The number of hydrogen-bond donors (Lipinski definition) is 0. The van der Waals surface area contributed by atoms with Crippen LogP contribution in [0.4, 0.5) is 0 Å². The number of nitrogens with zero attached hydrogens (tertiary/aromatic N) is 2. The van der Waals surface area contributed by atoms with Gasteiger partial charge in [0.15, 0.2) is 0 Å². The largest absolute Gasteiger partial charge is 0.341 e. The summed E-state index contributed by atoms with van der Waals surface area (Å²) in [5, 5.41) is 0. The molecule has 3 fully saturated rings. The van der Waals surface area contributed by atoms with Gasteiger partial charge in [-0.1, -0.05) is 12.8 Å². The Balaban J connectivity index is 1.31. The van der Waals surface area contributed by atoms with Crippen LogP contribution in [0.5, 0.6) is 0 Å². The van der Waals surface area contributed by atoms with Crippen molar-refractivity contribution in [2.45, 2.75) is 57.4 Å². The Hall–Kier alpha value is -0.870. The first-order chi connectivity index (χ1) is 11.3. The fraction of sp³-hybridized carbons (Fsp3) is 0.737. The van der Waals surface area contributed by atoms with Gasteiger partial charge in [0.05, 0.1) is 0 Å². The average Bonchev–Trinajstić information content (AvgIpc) is 3.15. The summed E-state index contributed by atoms with van der Waals surface area (Å²) in [6, 6.07) is 4.72. The van der Waals surface area contributed by atoms with E-state index in [1.807, 2.05) is 11.3 Å². The summed E-state index contributed by atoms with van der Waals surface area (Å²) in [4.78, 5) is 20.0. The second-order valence-electron chi connectivity index (χ2n) is 7.51. The summed E-state index contributed by atoms with van der Waals surface area (Å²) in [6.07, 6.45) is 8.98. The SMILES string of the molecule is O=C(C1CC1)N1CCCN(Cc2ccc(C3CCCC3)s2)CC1. The normalized spacial score (nSPS) is 24.1. The molecule has 0 atom stereocenters. The van der Waals surface area contributed by atoms with Crippen molar-refractivity contribution in [1.82, 2.24) is 9.80 Å². The predicted octanol–water partition coefficient (Wildman–Crippen LogP) is 3.85. The molecular weight excluding hydrogens is 304 g/mol. The standard InChI is InChI=1S/C19H28N2OS/c22-19(16-6-7-16)21-11-3-10-20(12-13-21)14-17-8-9-18(23-17)15-4-1-2-5-15/h8-9,15-16H,1-7,10-14H2. The van der Waals surface area contributed by atoms with E-state index in [1.54, 1.807) is 4.88 Å². The lowest BCUT2D eigenvalue weighted by Crippen LogP contribution is -2.35. The van der Waals surface area contributed by atoms with Crippen molar-refractivity contribution in [3.8, 4) is 0 Å². The Labute approximate surface area is 143 Å². The summed E-state index contributed by atoms with van der Waals surface area (Å²) in [5.41, 5.74) is 0. The van der Waals surface area contributed by atoms with Gasteiger partial charge in [-0.3, -0.25) is 9.69 Å². The van der Waals surface area contributed by atoms with Crippen LogP contribution in [-0.4, -0.2) is 41.9 Å². The molecule has 2 saturated carbocycles. The first-order valence-corrected chi connectivity index (χ1v) is 10.2. The fourth-order valence-electron chi connectivity index (χ4n) is 4.07. The van der Waals surface area contributed by atoms with Gasteiger partial charge in [-0.2, -0.15) is 0 Å². The number of rotatable bonds is 4. The third-order valence-electron chi connectivity index (χ3n) is 5.65. The molecule has 0 unspecified atom stereocenters. The van der Waals surface area contributed by atoms with Gasteiger partial charge in [0.2, 0.25) is 5.91 Å². The summed E-state index contributed by atoms with van der Waals surface area (Å²) in [7, 11) is 0. The van der Waals surface area contributed by atoms with Crippen molar-refractivity contribution in [3.63, 3.8) is 0 Å². The zero-order chi connectivity index (χ0) is 15.6. The van der Waals surface area contributed by atoms with Crippen molar-refractivity contribution >= 4 is 17.2 Å². The van der Waals surface area contributed by atoms with Gasteiger partial charge in [-0.05, 0) is 50.2 Å². The van der Waals surface area contributed by atoms with Gasteiger partial charge in [0, 0.05) is 48.4 Å². The highest BCUT2D eigenvalue weighted by molar-refractivity contribution is 7.12. The molecule has 0 N–H and O–H groups in total. The lowest BCUT2D eigenvalue weighted by molar-refractivity contribution is -0.132. The van der Waals surface area contributed by atoms with E-state index in [0.717, 1.165) is 57.9 Å². The van der Waals surface area contributed by atoms with Gasteiger partial charge in [0.1, 0.15) is 0 Å². The topological polar surface area (TPSA) is 23.6 Å². The zero-order valence-corrected chi connectivity index (χ0v) is 14.8. The summed E-state index contributed by atoms with van der Waals surface area (Å²) in [6.45, 7) is 5.13. The second kappa shape index (κ2) is 6.94. The van der Waals surface area contributed by atoms with Crippen LogP contribution in [0.3, 0.4) is 0 Å². The highest BCUT2D eigenvalue weighted by Crippen LogP contribution is 2.38. The molecule has 0 aromatic carbocycles. The number of amides is 1. The van der Waals surface area contributed by atoms with Gasteiger partial charge >= 0.3 is 0 Å². The van der Waals surface area contributed by atoms with E-state index in [0.29, 0.717) is 11.8 Å². The minimum atomic E-state index is 0.368. The van der Waals surface area contributed by atoms with E-state index < -0.39 is 0 Å². The third kappa shape index (κ3) is 3.80. The molecule has 4 heteroatoms. The molecule has 2 heterocycles. The number of thiophene rings is 1. The Bertz CT molecular complexity index is 545. The van der Waals surface area contributed by atoms with Crippen molar-refractivity contribution in [2.75, 3.05) is 26.2 Å². The lowest BCUT2D eigenvalue weighted by Gasteiger charge is -2.21. The van der Waals surface area contributed by atoms with E-state index in [2.05, 4.69) is 21.9 Å². The van der Waals surface area contributed by atoms with Gasteiger partial charge in [0.25, 0.3) is 0 Å². The minimum absolute atomic E-state index is 0.368. The molecule has 1 saturated heterocycles. The van der Waals surface area contributed by atoms with Crippen molar-refractivity contribution in [2.24, 2.45) is 5.92 Å². The highest BCUT2D eigenvalue weighted by Gasteiger charge is 2.33. The number of hydrogen-bond acceptors (Lipinski definition) is 3. The van der Waals surface area contributed by atoms with Crippen LogP contribution in [0, 0.1) is 5.92 Å². The fourth-order valence-corrected chi connectivity index (χ4v) is 5.29. The molecule has 23 heavy (non-hydrogen) atoms. The maximum Gasteiger partial charge on any atom is 0.225 e. The van der Waals surface area contributed by atoms with E-state index >= 15 is 0 Å². The minimum Gasteiger partial charge on any atom is -0.341 e. The monoisotopic (exact) mass is 332 g/mol. The number of carbonyl (C=O) groups excluding carboxylic acids is 1. The molecule has 3 aliphatic rings. The van der Waals surface area contributed by atoms with Crippen LogP contribution in [0.25, 0.3) is 0 Å². The maximum absolute atomic E-state index is 12.2. The second-order valence-corrected chi connectivity index (χ2v) is 8.71. The van der Waals surface area contributed by atoms with Gasteiger partial charge in [-0.15, -0.1) is 11.3 Å². The maximum atomic E-state index is 12.2. The Morgan fingerprint density at radius 3 is 2.61 bits per heavy atom. The van der Waals surface area contributed by atoms with Gasteiger partial charge in [-0.25, -0.2) is 0 Å². The molecule has 0 radical (unpaired) electrons. The predicted molar refractivity (Wildman–Crippen MR) is 94.7 cm³/mol. The Morgan fingerprint density at radius 2 is 1.83 bits per heavy atom. The molecule has 2 aliphatic carbocycles. The molecule has 126 valence electrons. The van der Waals surface area contributed by atoms with Crippen LogP contribution < -0.4 is 0 Å². The Kier molecular flexibility index (Phi) is 4.72. The zero-order valence-electron chi connectivity index (χ0n) is 14.0. The average molecular weight is 333 g/mol. The number of carbonyl (C=O) groups is 1. The van der Waals surface area contributed by atoms with Crippen LogP contribution in [0.15, 0.2) is 12.1 Å². The summed E-state index contributed by atoms with van der Waals surface area (Å²) in [5.74, 6) is 1.63. The van der Waals surface area contributed by atoms with Crippen molar-refractivity contribution in [3.05, 3.63) is 21.9 Å². The van der Waals surface area contributed by atoms with Crippen LogP contribution >= 0.6 is 11.3 Å². The lowest BCUT2D eigenvalue weighted by atomic mass is 10.1. The van der Waals surface area contributed by atoms with Crippen LogP contribution in [0.2, 0.25) is 0 Å². The smallest absolute Gasteiger partial charge is 0.225 e. The van der Waals surface area contributed by atoms with E-state index in [-0.39, 0.29) is 0 Å². The van der Waals surface area contributed by atoms with E-state index in [9.17, 15) is 4.79 Å². The van der Waals surface area contributed by atoms with Crippen molar-refractivity contribution < 1.29 is 4.79 Å². The quantitative estimate of drug-likeness (QED) is 0.836. The molecule has 0 spiro atoms. The first-order valence-electron chi connectivity index (χ1n) is 9.39. The van der Waals surface area contributed by atoms with Gasteiger partial charge < -0.3 is 4.90 Å². The van der Waals surface area contributed by atoms with E-state index in [4.69, 9.17) is 0 Å². The molecule has 3 nitrogen and oxygen atoms in total. The van der Waals surface area contributed by atoms with E-state index in [1.165, 1.54) is 30.6 Å². The van der Waals surface area contributed by atoms with Crippen molar-refractivity contribution in [1.29, 1.82) is 0 Å². The summed E-state index contributed by atoms with van der Waals surface area (Å²) >= 11 is 2.03. The molecular formula is C19H28N2OS. The molecule has 1 aromatic heterocycles. The summed E-state index contributed by atoms with van der Waals surface area (Å²) < 4.78 is 0. The molecule has 4 rings (SSSR count). The molecule has 1 aliphatic heterocycles. The highest BCUT2D eigenvalue weighted by atomic mass is 32.1. The van der Waals surface area contributed by atoms with Crippen LogP contribution in [-0.2, 0) is 11.3 Å². The molecule has 1 aromatic rings. The molecule has 1 amide bonds. The third-order valence-corrected chi connectivity index (χ3v) is 6.88. The molecule has 0 bridgehead atoms.